The zero-order valence-corrected chi connectivity index (χ0v) is 12.9. The van der Waals surface area contributed by atoms with Crippen molar-refractivity contribution in [2.45, 2.75) is 39.2 Å². The lowest BCUT2D eigenvalue weighted by Crippen LogP contribution is -2.15. The van der Waals surface area contributed by atoms with E-state index < -0.39 is 0 Å². The Bertz CT molecular complexity index is 814. The molecule has 1 aliphatic rings. The van der Waals surface area contributed by atoms with Gasteiger partial charge in [0.15, 0.2) is 5.82 Å². The predicted molar refractivity (Wildman–Crippen MR) is 85.0 cm³/mol. The topological polar surface area (TPSA) is 48.5 Å². The van der Waals surface area contributed by atoms with Crippen molar-refractivity contribution in [1.82, 2.24) is 24.3 Å². The molecular weight excluding hydrogens is 274 g/mol. The Hall–Kier alpha value is -2.43. The Kier molecular flexibility index (Phi) is 3.06. The third kappa shape index (κ3) is 1.81. The van der Waals surface area contributed by atoms with Crippen LogP contribution < -0.4 is 0 Å². The highest BCUT2D eigenvalue weighted by molar-refractivity contribution is 5.69. The zero-order chi connectivity index (χ0) is 15.1. The van der Waals surface area contributed by atoms with Gasteiger partial charge in [-0.25, -0.2) is 14.6 Å². The normalized spacial score (nSPS) is 15.8. The maximum absolute atomic E-state index is 4.56. The average molecular weight is 293 g/mol. The van der Waals surface area contributed by atoms with Gasteiger partial charge < -0.3 is 4.57 Å². The molecule has 4 rings (SSSR count). The molecule has 5 nitrogen and oxygen atoms in total. The summed E-state index contributed by atoms with van der Waals surface area (Å²) in [6, 6.07) is 8.53. The maximum Gasteiger partial charge on any atom is 0.160 e. The molecule has 0 saturated heterocycles. The minimum atomic E-state index is 0.187. The van der Waals surface area contributed by atoms with Crippen molar-refractivity contribution >= 4 is 0 Å². The number of aryl methyl sites for hydroxylation is 1. The van der Waals surface area contributed by atoms with E-state index in [1.807, 2.05) is 12.4 Å². The monoisotopic (exact) mass is 293 g/mol. The molecule has 3 aromatic rings. The van der Waals surface area contributed by atoms with E-state index in [9.17, 15) is 0 Å². The summed E-state index contributed by atoms with van der Waals surface area (Å²) >= 11 is 0. The molecule has 112 valence electrons. The van der Waals surface area contributed by atoms with Crippen LogP contribution in [0, 0.1) is 6.92 Å². The van der Waals surface area contributed by atoms with E-state index in [1.54, 1.807) is 6.33 Å². The van der Waals surface area contributed by atoms with Gasteiger partial charge in [-0.1, -0.05) is 31.9 Å². The number of imidazole rings is 1. The van der Waals surface area contributed by atoms with E-state index in [2.05, 4.69) is 56.4 Å². The summed E-state index contributed by atoms with van der Waals surface area (Å²) in [5.74, 6) is 0.944. The van der Waals surface area contributed by atoms with Gasteiger partial charge >= 0.3 is 0 Å². The standard InChI is InChI=1S/C17H19N5/c1-3-4-8-15-16-12(2)19-11-21(16)14-9-6-5-7-13(14)17-18-10-20-22(15)17/h5-7,9-11,15H,3-4,8H2,1-2H3. The van der Waals surface area contributed by atoms with Crippen LogP contribution in [-0.4, -0.2) is 24.3 Å². The van der Waals surface area contributed by atoms with Gasteiger partial charge in [0.05, 0.1) is 29.4 Å². The van der Waals surface area contributed by atoms with Crippen molar-refractivity contribution in [2.24, 2.45) is 0 Å². The molecular formula is C17H19N5. The first-order valence-electron chi connectivity index (χ1n) is 7.84. The van der Waals surface area contributed by atoms with Crippen LogP contribution >= 0.6 is 0 Å². The van der Waals surface area contributed by atoms with E-state index in [1.165, 1.54) is 12.1 Å². The SMILES string of the molecule is CCCCC1c2c(C)ncn2-c2ccccc2-c2ncnn21. The van der Waals surface area contributed by atoms with Crippen molar-refractivity contribution in [3.63, 3.8) is 0 Å². The van der Waals surface area contributed by atoms with E-state index >= 15 is 0 Å². The van der Waals surface area contributed by atoms with E-state index in [-0.39, 0.29) is 6.04 Å². The van der Waals surface area contributed by atoms with Gasteiger partial charge in [0, 0.05) is 5.56 Å². The highest BCUT2D eigenvalue weighted by Crippen LogP contribution is 2.37. The molecule has 0 bridgehead atoms. The second-order valence-electron chi connectivity index (χ2n) is 5.79. The lowest BCUT2D eigenvalue weighted by atomic mass is 10.1. The van der Waals surface area contributed by atoms with Gasteiger partial charge in [-0.3, -0.25) is 0 Å². The Morgan fingerprint density at radius 2 is 2.05 bits per heavy atom. The van der Waals surface area contributed by atoms with Gasteiger partial charge in [-0.05, 0) is 25.5 Å². The summed E-state index contributed by atoms with van der Waals surface area (Å²) in [7, 11) is 0. The molecule has 0 spiro atoms. The number of unbranched alkanes of at least 4 members (excludes halogenated alkanes) is 1. The number of para-hydroxylation sites is 1. The molecule has 2 aromatic heterocycles. The highest BCUT2D eigenvalue weighted by atomic mass is 15.4. The van der Waals surface area contributed by atoms with Gasteiger partial charge in [-0.2, -0.15) is 5.10 Å². The molecule has 1 aliphatic heterocycles. The molecule has 0 amide bonds. The lowest BCUT2D eigenvalue weighted by Gasteiger charge is -2.18. The summed E-state index contributed by atoms with van der Waals surface area (Å²) < 4.78 is 4.28. The average Bonchev–Trinajstić information content (AvgIpc) is 3.14. The first kappa shape index (κ1) is 13.2. The minimum Gasteiger partial charge on any atom is -0.300 e. The smallest absolute Gasteiger partial charge is 0.160 e. The zero-order valence-electron chi connectivity index (χ0n) is 12.9. The van der Waals surface area contributed by atoms with E-state index in [4.69, 9.17) is 0 Å². The summed E-state index contributed by atoms with van der Waals surface area (Å²) in [4.78, 5) is 9.08. The van der Waals surface area contributed by atoms with Crippen LogP contribution in [0.3, 0.4) is 0 Å². The quantitative estimate of drug-likeness (QED) is 0.742. The van der Waals surface area contributed by atoms with Crippen LogP contribution in [0.4, 0.5) is 0 Å². The van der Waals surface area contributed by atoms with Gasteiger partial charge in [-0.15, -0.1) is 0 Å². The number of hydrogen-bond donors (Lipinski definition) is 0. The summed E-state index contributed by atoms with van der Waals surface area (Å²) in [5, 5.41) is 4.53. The number of nitrogens with zero attached hydrogens (tertiary/aromatic N) is 5. The van der Waals surface area contributed by atoms with Gasteiger partial charge in [0.1, 0.15) is 6.33 Å². The molecule has 1 unspecified atom stereocenters. The summed E-state index contributed by atoms with van der Waals surface area (Å²) in [5.41, 5.74) is 4.54. The second kappa shape index (κ2) is 5.09. The Morgan fingerprint density at radius 3 is 2.91 bits per heavy atom. The van der Waals surface area contributed by atoms with Crippen molar-refractivity contribution < 1.29 is 0 Å². The van der Waals surface area contributed by atoms with Crippen molar-refractivity contribution in [2.75, 3.05) is 0 Å². The minimum absolute atomic E-state index is 0.187. The Labute approximate surface area is 129 Å². The fourth-order valence-electron chi connectivity index (χ4n) is 3.36. The van der Waals surface area contributed by atoms with Crippen LogP contribution in [0.1, 0.15) is 43.6 Å². The largest absolute Gasteiger partial charge is 0.300 e. The van der Waals surface area contributed by atoms with Gasteiger partial charge in [0.2, 0.25) is 0 Å². The summed E-state index contributed by atoms with van der Waals surface area (Å²) in [6.45, 7) is 4.30. The highest BCUT2D eigenvalue weighted by Gasteiger charge is 2.29. The molecule has 1 aromatic carbocycles. The molecule has 0 N–H and O–H groups in total. The molecule has 3 heterocycles. The van der Waals surface area contributed by atoms with Crippen molar-refractivity contribution in [3.05, 3.63) is 48.3 Å². The Morgan fingerprint density at radius 1 is 1.18 bits per heavy atom. The third-order valence-corrected chi connectivity index (χ3v) is 4.42. The molecule has 0 aliphatic carbocycles. The number of aromatic nitrogens is 5. The molecule has 5 heteroatoms. The molecule has 22 heavy (non-hydrogen) atoms. The third-order valence-electron chi connectivity index (χ3n) is 4.42. The fourth-order valence-corrected chi connectivity index (χ4v) is 3.36. The number of rotatable bonds is 3. The number of fused-ring (bicyclic) bond motifs is 5. The molecule has 0 saturated carbocycles. The second-order valence-corrected chi connectivity index (χ2v) is 5.79. The maximum atomic E-state index is 4.56. The lowest BCUT2D eigenvalue weighted by molar-refractivity contribution is 0.462. The molecule has 1 atom stereocenters. The van der Waals surface area contributed by atoms with E-state index in [0.29, 0.717) is 0 Å². The van der Waals surface area contributed by atoms with Crippen LogP contribution in [0.2, 0.25) is 0 Å². The first-order valence-corrected chi connectivity index (χ1v) is 7.84. The van der Waals surface area contributed by atoms with E-state index in [0.717, 1.165) is 35.6 Å². The van der Waals surface area contributed by atoms with Crippen LogP contribution in [0.5, 0.6) is 0 Å². The molecule has 0 radical (unpaired) electrons. The fraction of sp³-hybridized carbons (Fsp3) is 0.353. The van der Waals surface area contributed by atoms with Crippen LogP contribution in [0.25, 0.3) is 17.1 Å². The Balaban J connectivity index is 2.02. The number of benzene rings is 1. The van der Waals surface area contributed by atoms with Crippen molar-refractivity contribution in [3.8, 4) is 17.1 Å². The summed E-state index contributed by atoms with van der Waals surface area (Å²) in [6.07, 6.45) is 6.96. The van der Waals surface area contributed by atoms with Crippen LogP contribution in [0.15, 0.2) is 36.9 Å². The first-order chi connectivity index (χ1) is 10.8. The number of hydrogen-bond acceptors (Lipinski definition) is 3. The van der Waals surface area contributed by atoms with Crippen molar-refractivity contribution in [1.29, 1.82) is 0 Å². The predicted octanol–water partition coefficient (Wildman–Crippen LogP) is 3.53. The molecule has 0 fully saturated rings. The van der Waals surface area contributed by atoms with Crippen LogP contribution in [-0.2, 0) is 0 Å². The van der Waals surface area contributed by atoms with Gasteiger partial charge in [0.25, 0.3) is 0 Å².